The number of benzene rings is 1. The molecule has 0 aliphatic carbocycles. The van der Waals surface area contributed by atoms with E-state index in [0.29, 0.717) is 5.69 Å². The Morgan fingerprint density at radius 1 is 1.33 bits per heavy atom. The molecule has 106 valence electrons. The molecule has 3 rings (SSSR count). The molecule has 0 aliphatic heterocycles. The van der Waals surface area contributed by atoms with Crippen LogP contribution in [0.25, 0.3) is 11.1 Å². The summed E-state index contributed by atoms with van der Waals surface area (Å²) in [6, 6.07) is 5.20. The third-order valence-corrected chi connectivity index (χ3v) is 2.87. The fourth-order valence-electron chi connectivity index (χ4n) is 1.81. The van der Waals surface area contributed by atoms with Crippen molar-refractivity contribution >= 4 is 22.7 Å². The van der Waals surface area contributed by atoms with E-state index in [0.717, 1.165) is 0 Å². The first-order valence-electron chi connectivity index (χ1n) is 5.94. The number of aryl methyl sites for hydroxylation is 1. The van der Waals surface area contributed by atoms with Crippen LogP contribution in [0, 0.1) is 5.82 Å². The predicted molar refractivity (Wildman–Crippen MR) is 71.4 cm³/mol. The molecule has 3 aromatic rings. The smallest absolute Gasteiger partial charge is 0.278 e. The van der Waals surface area contributed by atoms with Crippen LogP contribution in [0.2, 0.25) is 0 Å². The Morgan fingerprint density at radius 2 is 2.05 bits per heavy atom. The number of rotatable bonds is 2. The minimum absolute atomic E-state index is 0.000360. The van der Waals surface area contributed by atoms with Gasteiger partial charge in [-0.3, -0.25) is 9.59 Å². The second kappa shape index (κ2) is 4.82. The van der Waals surface area contributed by atoms with Crippen LogP contribution in [0.5, 0.6) is 0 Å². The summed E-state index contributed by atoms with van der Waals surface area (Å²) in [7, 11) is 1.50. The summed E-state index contributed by atoms with van der Waals surface area (Å²) in [5.41, 5.74) is -0.242. The molecule has 0 saturated carbocycles. The zero-order chi connectivity index (χ0) is 15.0. The fourth-order valence-corrected chi connectivity index (χ4v) is 1.81. The van der Waals surface area contributed by atoms with Crippen LogP contribution in [0.1, 0.15) is 10.5 Å². The summed E-state index contributed by atoms with van der Waals surface area (Å²) in [5, 5.41) is 6.08. The van der Waals surface area contributed by atoms with E-state index in [4.69, 9.17) is 4.52 Å². The molecule has 0 atom stereocenters. The van der Waals surface area contributed by atoms with E-state index in [-0.39, 0.29) is 16.8 Å². The zero-order valence-electron chi connectivity index (χ0n) is 10.8. The molecule has 1 aromatic carbocycles. The van der Waals surface area contributed by atoms with E-state index >= 15 is 0 Å². The summed E-state index contributed by atoms with van der Waals surface area (Å²) in [6.07, 6.45) is 1.28. The number of carbonyl (C=O) groups is 1. The molecule has 7 nitrogen and oxygen atoms in total. The molecular weight excluding hydrogens is 279 g/mol. The summed E-state index contributed by atoms with van der Waals surface area (Å²) in [4.78, 5) is 28.0. The van der Waals surface area contributed by atoms with Crippen LogP contribution in [0.3, 0.4) is 0 Å². The molecule has 0 bridgehead atoms. The minimum Gasteiger partial charge on any atom is -0.335 e. The fraction of sp³-hybridized carbons (Fsp3) is 0.0769. The zero-order valence-corrected chi connectivity index (χ0v) is 10.8. The molecule has 0 aliphatic rings. The second-order valence-corrected chi connectivity index (χ2v) is 4.33. The second-order valence-electron chi connectivity index (χ2n) is 4.33. The maximum absolute atomic E-state index is 12.8. The van der Waals surface area contributed by atoms with Crippen LogP contribution in [0.15, 0.2) is 39.9 Å². The molecule has 21 heavy (non-hydrogen) atoms. The number of anilines is 1. The van der Waals surface area contributed by atoms with Gasteiger partial charge in [0.05, 0.1) is 0 Å². The third-order valence-electron chi connectivity index (χ3n) is 2.87. The van der Waals surface area contributed by atoms with Crippen LogP contribution >= 0.6 is 0 Å². The first kappa shape index (κ1) is 13.0. The molecule has 0 saturated heterocycles. The van der Waals surface area contributed by atoms with Gasteiger partial charge >= 0.3 is 0 Å². The maximum Gasteiger partial charge on any atom is 0.278 e. The highest BCUT2D eigenvalue weighted by atomic mass is 19.1. The van der Waals surface area contributed by atoms with Crippen molar-refractivity contribution in [1.82, 2.24) is 14.7 Å². The van der Waals surface area contributed by atoms with Gasteiger partial charge in [0.25, 0.3) is 17.2 Å². The molecule has 2 heterocycles. The lowest BCUT2D eigenvalue weighted by Gasteiger charge is -2.02. The predicted octanol–water partition coefficient (Wildman–Crippen LogP) is 1.31. The number of amides is 1. The average Bonchev–Trinajstić information content (AvgIpc) is 2.90. The highest BCUT2D eigenvalue weighted by molar-refractivity contribution is 6.09. The summed E-state index contributed by atoms with van der Waals surface area (Å²) < 4.78 is 18.9. The Hall–Kier alpha value is -3.03. The Balaban J connectivity index is 2.00. The number of halogens is 1. The van der Waals surface area contributed by atoms with Crippen molar-refractivity contribution in [3.05, 3.63) is 52.5 Å². The van der Waals surface area contributed by atoms with Crippen LogP contribution < -0.4 is 10.9 Å². The van der Waals surface area contributed by atoms with Gasteiger partial charge in [-0.1, -0.05) is 5.16 Å². The SMILES string of the molecule is Cn1cnc2onc(C(=O)Nc3ccc(F)cc3)c2c1=O. The van der Waals surface area contributed by atoms with Gasteiger partial charge in [0.1, 0.15) is 17.5 Å². The molecule has 1 amide bonds. The molecule has 0 radical (unpaired) electrons. The van der Waals surface area contributed by atoms with Crippen molar-refractivity contribution in [1.29, 1.82) is 0 Å². The Morgan fingerprint density at radius 3 is 2.76 bits per heavy atom. The van der Waals surface area contributed by atoms with E-state index in [1.54, 1.807) is 0 Å². The third kappa shape index (κ3) is 2.27. The van der Waals surface area contributed by atoms with Crippen molar-refractivity contribution < 1.29 is 13.7 Å². The summed E-state index contributed by atoms with van der Waals surface area (Å²) in [6.45, 7) is 0. The number of nitrogens with one attached hydrogen (secondary N) is 1. The van der Waals surface area contributed by atoms with Gasteiger partial charge in [0, 0.05) is 12.7 Å². The highest BCUT2D eigenvalue weighted by Gasteiger charge is 2.20. The van der Waals surface area contributed by atoms with Crippen LogP contribution in [-0.4, -0.2) is 20.6 Å². The Bertz CT molecular complexity index is 883. The van der Waals surface area contributed by atoms with Crippen molar-refractivity contribution in [3.8, 4) is 0 Å². The maximum atomic E-state index is 12.8. The lowest BCUT2D eigenvalue weighted by atomic mass is 10.2. The Kier molecular flexibility index (Phi) is 2.98. The quantitative estimate of drug-likeness (QED) is 0.768. The number of hydrogen-bond donors (Lipinski definition) is 1. The molecule has 1 N–H and O–H groups in total. The number of fused-ring (bicyclic) bond motifs is 1. The molecule has 8 heteroatoms. The van der Waals surface area contributed by atoms with E-state index in [1.807, 2.05) is 0 Å². The largest absolute Gasteiger partial charge is 0.335 e. The Labute approximate surface area is 117 Å². The molecule has 0 spiro atoms. The monoisotopic (exact) mass is 288 g/mol. The highest BCUT2D eigenvalue weighted by Crippen LogP contribution is 2.14. The van der Waals surface area contributed by atoms with Gasteiger partial charge in [0.15, 0.2) is 5.69 Å². The standard InChI is InChI=1S/C13H9FN4O3/c1-18-6-15-12-9(13(18)20)10(17-21-12)11(19)16-8-4-2-7(14)3-5-8/h2-6H,1H3,(H,16,19). The van der Waals surface area contributed by atoms with Crippen molar-refractivity contribution in [3.63, 3.8) is 0 Å². The number of carbonyl (C=O) groups excluding carboxylic acids is 1. The molecule has 0 unspecified atom stereocenters. The first-order chi connectivity index (χ1) is 10.1. The average molecular weight is 288 g/mol. The topological polar surface area (TPSA) is 90.0 Å². The van der Waals surface area contributed by atoms with Crippen molar-refractivity contribution in [2.45, 2.75) is 0 Å². The number of aromatic nitrogens is 3. The van der Waals surface area contributed by atoms with Gasteiger partial charge in [-0.2, -0.15) is 0 Å². The minimum atomic E-state index is -0.634. The van der Waals surface area contributed by atoms with Crippen molar-refractivity contribution in [2.75, 3.05) is 5.32 Å². The van der Waals surface area contributed by atoms with Gasteiger partial charge in [-0.15, -0.1) is 0 Å². The van der Waals surface area contributed by atoms with Crippen molar-refractivity contribution in [2.24, 2.45) is 7.05 Å². The molecule has 2 aromatic heterocycles. The number of hydrogen-bond acceptors (Lipinski definition) is 5. The van der Waals surface area contributed by atoms with E-state index in [2.05, 4.69) is 15.5 Å². The summed E-state index contributed by atoms with van der Waals surface area (Å²) in [5.74, 6) is -1.05. The lowest BCUT2D eigenvalue weighted by molar-refractivity contribution is 0.102. The molecule has 0 fully saturated rings. The van der Waals surface area contributed by atoms with Gasteiger partial charge in [-0.05, 0) is 24.3 Å². The lowest BCUT2D eigenvalue weighted by Crippen LogP contribution is -2.20. The van der Waals surface area contributed by atoms with E-state index < -0.39 is 17.3 Å². The van der Waals surface area contributed by atoms with Gasteiger partial charge in [-0.25, -0.2) is 9.37 Å². The van der Waals surface area contributed by atoms with E-state index in [9.17, 15) is 14.0 Å². The van der Waals surface area contributed by atoms with Crippen LogP contribution in [-0.2, 0) is 7.05 Å². The van der Waals surface area contributed by atoms with Crippen LogP contribution in [0.4, 0.5) is 10.1 Å². The van der Waals surface area contributed by atoms with Gasteiger partial charge < -0.3 is 14.4 Å². The first-order valence-corrected chi connectivity index (χ1v) is 5.94. The normalized spacial score (nSPS) is 10.8. The summed E-state index contributed by atoms with van der Waals surface area (Å²) >= 11 is 0. The molecular formula is C13H9FN4O3. The number of nitrogens with zero attached hydrogens (tertiary/aromatic N) is 3. The van der Waals surface area contributed by atoms with E-state index in [1.165, 1.54) is 42.2 Å². The van der Waals surface area contributed by atoms with Gasteiger partial charge in [0.2, 0.25) is 0 Å².